The summed E-state index contributed by atoms with van der Waals surface area (Å²) in [6.07, 6.45) is 4.47. The molecule has 0 aliphatic carbocycles. The van der Waals surface area contributed by atoms with Crippen molar-refractivity contribution in [1.82, 2.24) is 24.5 Å². The smallest absolute Gasteiger partial charge is 0.255 e. The molecule has 5 rings (SSSR count). The number of nitrogens with zero attached hydrogens (tertiary/aromatic N) is 4. The molecule has 4 aromatic rings. The van der Waals surface area contributed by atoms with Gasteiger partial charge in [0.05, 0.1) is 17.6 Å². The lowest BCUT2D eigenvalue weighted by molar-refractivity contribution is 0.0658. The molecule has 0 radical (unpaired) electrons. The maximum Gasteiger partial charge on any atom is 0.255 e. The molecule has 1 amide bonds. The van der Waals surface area contributed by atoms with Crippen molar-refractivity contribution in [3.8, 4) is 11.4 Å². The molecular formula is C19H16ClN5OS. The number of aromatic amines is 1. The summed E-state index contributed by atoms with van der Waals surface area (Å²) in [5, 5.41) is 10.2. The van der Waals surface area contributed by atoms with Crippen molar-refractivity contribution in [2.45, 2.75) is 25.9 Å². The van der Waals surface area contributed by atoms with Crippen molar-refractivity contribution in [2.24, 2.45) is 0 Å². The number of fused-ring (bicyclic) bond motifs is 2. The number of amides is 1. The largest absolute Gasteiger partial charge is 0.331 e. The van der Waals surface area contributed by atoms with E-state index < -0.39 is 0 Å². The predicted molar refractivity (Wildman–Crippen MR) is 105 cm³/mol. The zero-order chi connectivity index (χ0) is 18.5. The van der Waals surface area contributed by atoms with E-state index in [0.29, 0.717) is 17.1 Å². The summed E-state index contributed by atoms with van der Waals surface area (Å²) in [5.74, 6) is 0.0124. The molecule has 4 aromatic heterocycles. The number of H-pyrrole nitrogens is 1. The van der Waals surface area contributed by atoms with Crippen molar-refractivity contribution in [3.05, 3.63) is 63.3 Å². The lowest BCUT2D eigenvalue weighted by Gasteiger charge is -2.33. The van der Waals surface area contributed by atoms with Gasteiger partial charge in [0.25, 0.3) is 5.91 Å². The Balaban J connectivity index is 1.50. The van der Waals surface area contributed by atoms with Gasteiger partial charge < -0.3 is 9.30 Å². The molecule has 0 saturated heterocycles. The minimum absolute atomic E-state index is 0.0124. The maximum atomic E-state index is 13.2. The van der Waals surface area contributed by atoms with E-state index in [0.717, 1.165) is 34.6 Å². The van der Waals surface area contributed by atoms with E-state index in [9.17, 15) is 4.79 Å². The first-order valence-corrected chi connectivity index (χ1v) is 9.95. The second-order valence-corrected chi connectivity index (χ2v) is 7.95. The molecule has 8 heteroatoms. The van der Waals surface area contributed by atoms with E-state index in [1.165, 1.54) is 11.3 Å². The number of hydrogen-bond acceptors (Lipinski definition) is 4. The Morgan fingerprint density at radius 3 is 3.11 bits per heavy atom. The van der Waals surface area contributed by atoms with Gasteiger partial charge in [-0.05, 0) is 25.1 Å². The minimum Gasteiger partial charge on any atom is -0.331 e. The van der Waals surface area contributed by atoms with Gasteiger partial charge in [0, 0.05) is 52.0 Å². The monoisotopic (exact) mass is 397 g/mol. The third kappa shape index (κ3) is 2.74. The average Bonchev–Trinajstić information content (AvgIpc) is 3.38. The Hall–Kier alpha value is -2.64. The van der Waals surface area contributed by atoms with E-state index in [4.69, 9.17) is 11.6 Å². The molecule has 0 bridgehead atoms. The Bertz CT molecular complexity index is 1150. The number of halogens is 1. The van der Waals surface area contributed by atoms with Crippen molar-refractivity contribution in [2.75, 3.05) is 0 Å². The third-order valence-corrected chi connectivity index (χ3v) is 5.88. The van der Waals surface area contributed by atoms with Gasteiger partial charge >= 0.3 is 0 Å². The van der Waals surface area contributed by atoms with Crippen LogP contribution >= 0.6 is 22.9 Å². The van der Waals surface area contributed by atoms with Gasteiger partial charge in [-0.25, -0.2) is 4.98 Å². The molecule has 0 fully saturated rings. The van der Waals surface area contributed by atoms with E-state index in [2.05, 4.69) is 22.1 Å². The van der Waals surface area contributed by atoms with Crippen molar-refractivity contribution in [1.29, 1.82) is 0 Å². The lowest BCUT2D eigenvalue weighted by Crippen LogP contribution is -2.42. The Morgan fingerprint density at radius 1 is 1.41 bits per heavy atom. The van der Waals surface area contributed by atoms with Crippen LogP contribution in [-0.4, -0.2) is 36.4 Å². The average molecular weight is 398 g/mol. The fourth-order valence-corrected chi connectivity index (χ4v) is 4.35. The normalized spacial score (nSPS) is 16.7. The maximum absolute atomic E-state index is 13.2. The number of nitrogens with one attached hydrogen (secondary N) is 1. The molecule has 1 aliphatic heterocycles. The van der Waals surface area contributed by atoms with Crippen molar-refractivity contribution < 1.29 is 4.79 Å². The molecule has 1 unspecified atom stereocenters. The molecule has 27 heavy (non-hydrogen) atoms. The molecule has 0 aromatic carbocycles. The van der Waals surface area contributed by atoms with Crippen LogP contribution < -0.4 is 0 Å². The first-order chi connectivity index (χ1) is 13.1. The van der Waals surface area contributed by atoms with Crippen LogP contribution in [0.1, 0.15) is 28.5 Å². The first-order valence-electron chi connectivity index (χ1n) is 8.63. The van der Waals surface area contributed by atoms with E-state index in [1.807, 2.05) is 45.3 Å². The third-order valence-electron chi connectivity index (χ3n) is 5.06. The number of carbonyl (C=O) groups is 1. The number of aromatic nitrogens is 4. The van der Waals surface area contributed by atoms with Crippen LogP contribution in [0.3, 0.4) is 0 Å². The van der Waals surface area contributed by atoms with Gasteiger partial charge in [0.1, 0.15) is 11.4 Å². The number of pyridine rings is 1. The number of carbonyl (C=O) groups excluding carboxylic acids is 1. The number of rotatable bonds is 2. The second kappa shape index (κ2) is 6.21. The minimum atomic E-state index is 0.0124. The summed E-state index contributed by atoms with van der Waals surface area (Å²) < 4.78 is 1.91. The van der Waals surface area contributed by atoms with Gasteiger partial charge in [0.2, 0.25) is 0 Å². The summed E-state index contributed by atoms with van der Waals surface area (Å²) in [5.41, 5.74) is 7.19. The van der Waals surface area contributed by atoms with E-state index in [1.54, 1.807) is 5.51 Å². The van der Waals surface area contributed by atoms with Gasteiger partial charge in [-0.3, -0.25) is 9.89 Å². The molecule has 1 aliphatic rings. The Morgan fingerprint density at radius 2 is 2.30 bits per heavy atom. The van der Waals surface area contributed by atoms with Crippen LogP contribution in [-0.2, 0) is 13.0 Å². The van der Waals surface area contributed by atoms with Crippen molar-refractivity contribution >= 4 is 34.4 Å². The second-order valence-electron chi connectivity index (χ2n) is 6.80. The molecule has 136 valence electrons. The topological polar surface area (TPSA) is 66.3 Å². The summed E-state index contributed by atoms with van der Waals surface area (Å²) in [6, 6.07) is 5.63. The highest BCUT2D eigenvalue weighted by Crippen LogP contribution is 2.31. The first kappa shape index (κ1) is 16.5. The Labute approximate surface area is 164 Å². The highest BCUT2D eigenvalue weighted by Gasteiger charge is 2.31. The zero-order valence-corrected chi connectivity index (χ0v) is 16.1. The number of thiazole rings is 1. The summed E-state index contributed by atoms with van der Waals surface area (Å²) in [4.78, 5) is 19.5. The van der Waals surface area contributed by atoms with Gasteiger partial charge in [-0.2, -0.15) is 5.10 Å². The molecule has 0 spiro atoms. The lowest BCUT2D eigenvalue weighted by atomic mass is 9.98. The van der Waals surface area contributed by atoms with E-state index in [-0.39, 0.29) is 11.9 Å². The van der Waals surface area contributed by atoms with Crippen LogP contribution in [0.15, 0.2) is 41.5 Å². The zero-order valence-electron chi connectivity index (χ0n) is 14.5. The molecular weight excluding hydrogens is 382 g/mol. The summed E-state index contributed by atoms with van der Waals surface area (Å²) >= 11 is 7.60. The van der Waals surface area contributed by atoms with Crippen LogP contribution in [0.2, 0.25) is 5.02 Å². The highest BCUT2D eigenvalue weighted by molar-refractivity contribution is 7.07. The Kier molecular flexibility index (Phi) is 3.80. The fourth-order valence-electron chi connectivity index (χ4n) is 3.65. The molecule has 1 N–H and O–H groups in total. The van der Waals surface area contributed by atoms with Crippen LogP contribution in [0.4, 0.5) is 0 Å². The molecule has 0 saturated carbocycles. The van der Waals surface area contributed by atoms with Crippen LogP contribution in [0.5, 0.6) is 0 Å². The molecule has 5 heterocycles. The van der Waals surface area contributed by atoms with Crippen LogP contribution in [0.25, 0.3) is 16.9 Å². The number of hydrogen-bond donors (Lipinski definition) is 1. The van der Waals surface area contributed by atoms with Crippen LogP contribution in [0, 0.1) is 0 Å². The van der Waals surface area contributed by atoms with Gasteiger partial charge in [0.15, 0.2) is 0 Å². The summed E-state index contributed by atoms with van der Waals surface area (Å²) in [6.45, 7) is 2.59. The SMILES string of the molecule is CC1Cc2[nH]nc(-c3cscn3)c2CN1C(=O)c1cc2cc(Cl)ccn2c1. The van der Waals surface area contributed by atoms with Crippen molar-refractivity contribution in [3.63, 3.8) is 0 Å². The fraction of sp³-hybridized carbons (Fsp3) is 0.211. The predicted octanol–water partition coefficient (Wildman–Crippen LogP) is 4.03. The van der Waals surface area contributed by atoms with Gasteiger partial charge in [-0.1, -0.05) is 11.6 Å². The molecule has 6 nitrogen and oxygen atoms in total. The summed E-state index contributed by atoms with van der Waals surface area (Å²) in [7, 11) is 0. The molecule has 1 atom stereocenters. The van der Waals surface area contributed by atoms with Gasteiger partial charge in [-0.15, -0.1) is 11.3 Å². The quantitative estimate of drug-likeness (QED) is 0.555. The standard InChI is InChI=1S/C19H16ClN5OS/c1-11-4-16-15(18(23-22-16)17-9-27-10-21-17)8-25(11)19(26)12-5-14-6-13(20)2-3-24(14)7-12/h2-3,5-7,9-11H,4,8H2,1H3,(H,22,23). The highest BCUT2D eigenvalue weighted by atomic mass is 35.5. The van der Waals surface area contributed by atoms with E-state index >= 15 is 0 Å².